The molecule has 1 aliphatic heterocycles. The Morgan fingerprint density at radius 3 is 2.59 bits per heavy atom. The molecule has 0 unspecified atom stereocenters. The summed E-state index contributed by atoms with van der Waals surface area (Å²) in [4.78, 5) is 26.5. The van der Waals surface area contributed by atoms with E-state index in [2.05, 4.69) is 26.0 Å². The van der Waals surface area contributed by atoms with Gasteiger partial charge in [0.1, 0.15) is 4.32 Å². The van der Waals surface area contributed by atoms with Crippen LogP contribution in [0, 0.1) is 0 Å². The molecule has 0 N–H and O–H groups in total. The molecule has 0 bridgehead atoms. The van der Waals surface area contributed by atoms with Crippen LogP contribution in [0.4, 0.5) is 0 Å². The number of esters is 1. The van der Waals surface area contributed by atoms with E-state index in [1.54, 1.807) is 4.90 Å². The molecule has 1 amide bonds. The van der Waals surface area contributed by atoms with Gasteiger partial charge < -0.3 is 4.74 Å². The average molecular weight is 406 g/mol. The van der Waals surface area contributed by atoms with Gasteiger partial charge in [-0.15, -0.1) is 0 Å². The third-order valence-electron chi connectivity index (χ3n) is 4.33. The summed E-state index contributed by atoms with van der Waals surface area (Å²) in [6, 6.07) is 8.16. The molecule has 0 aromatic heterocycles. The number of benzene rings is 1. The van der Waals surface area contributed by atoms with Crippen molar-refractivity contribution in [3.05, 3.63) is 40.3 Å². The number of ether oxygens (including phenoxy) is 1. The maximum absolute atomic E-state index is 12.6. The van der Waals surface area contributed by atoms with E-state index in [0.717, 1.165) is 31.2 Å². The van der Waals surface area contributed by atoms with Crippen LogP contribution in [-0.4, -0.2) is 34.2 Å². The lowest BCUT2D eigenvalue weighted by Crippen LogP contribution is -2.29. The van der Waals surface area contributed by atoms with E-state index in [4.69, 9.17) is 17.0 Å². The van der Waals surface area contributed by atoms with E-state index < -0.39 is 0 Å². The molecule has 27 heavy (non-hydrogen) atoms. The number of carbonyl (C=O) groups excluding carboxylic acids is 2. The van der Waals surface area contributed by atoms with Crippen LogP contribution in [0.3, 0.4) is 0 Å². The lowest BCUT2D eigenvalue weighted by Gasteiger charge is -2.13. The van der Waals surface area contributed by atoms with Crippen molar-refractivity contribution < 1.29 is 14.3 Å². The second-order valence-electron chi connectivity index (χ2n) is 6.46. The van der Waals surface area contributed by atoms with E-state index in [1.165, 1.54) is 17.3 Å². The molecular weight excluding hydrogens is 378 g/mol. The van der Waals surface area contributed by atoms with Crippen LogP contribution in [0.15, 0.2) is 29.2 Å². The van der Waals surface area contributed by atoms with Crippen LogP contribution in [-0.2, 0) is 20.7 Å². The quantitative estimate of drug-likeness (QED) is 0.238. The van der Waals surface area contributed by atoms with Gasteiger partial charge in [-0.05, 0) is 36.5 Å². The third-order valence-corrected chi connectivity index (χ3v) is 5.71. The summed E-state index contributed by atoms with van der Waals surface area (Å²) < 4.78 is 5.74. The van der Waals surface area contributed by atoms with Gasteiger partial charge in [-0.25, -0.2) is 0 Å². The van der Waals surface area contributed by atoms with Crippen molar-refractivity contribution in [2.24, 2.45) is 0 Å². The normalized spacial score (nSPS) is 15.6. The number of carbonyl (C=O) groups is 2. The lowest BCUT2D eigenvalue weighted by molar-refractivity contribution is -0.144. The first kappa shape index (κ1) is 21.6. The maximum atomic E-state index is 12.6. The average Bonchev–Trinajstić information content (AvgIpc) is 2.93. The number of nitrogens with zero attached hydrogens (tertiary/aromatic N) is 1. The number of rotatable bonds is 10. The lowest BCUT2D eigenvalue weighted by atomic mass is 10.1. The van der Waals surface area contributed by atoms with Crippen LogP contribution >= 0.6 is 24.0 Å². The SMILES string of the molecule is CCCCCOC(=O)CCCN1C(=O)/C(=C/c2ccc(CC)cc2)SC1=S. The minimum absolute atomic E-state index is 0.0825. The second kappa shape index (κ2) is 11.2. The maximum Gasteiger partial charge on any atom is 0.305 e. The summed E-state index contributed by atoms with van der Waals surface area (Å²) in [5, 5.41) is 0. The van der Waals surface area contributed by atoms with Crippen molar-refractivity contribution in [1.82, 2.24) is 4.90 Å². The first-order valence-electron chi connectivity index (χ1n) is 9.55. The van der Waals surface area contributed by atoms with E-state index in [0.29, 0.717) is 35.2 Å². The van der Waals surface area contributed by atoms with Crippen molar-refractivity contribution in [3.63, 3.8) is 0 Å². The first-order chi connectivity index (χ1) is 13.0. The molecule has 4 nitrogen and oxygen atoms in total. The zero-order chi connectivity index (χ0) is 19.6. The Balaban J connectivity index is 1.82. The van der Waals surface area contributed by atoms with E-state index in [-0.39, 0.29) is 11.9 Å². The van der Waals surface area contributed by atoms with Crippen molar-refractivity contribution in [3.8, 4) is 0 Å². The fraction of sp³-hybridized carbons (Fsp3) is 0.476. The molecule has 0 saturated carbocycles. The molecule has 1 fully saturated rings. The summed E-state index contributed by atoms with van der Waals surface area (Å²) in [7, 11) is 0. The van der Waals surface area contributed by atoms with Crippen LogP contribution in [0.1, 0.15) is 57.1 Å². The molecule has 1 aromatic rings. The summed E-state index contributed by atoms with van der Waals surface area (Å²) in [5.74, 6) is -0.288. The molecule has 1 heterocycles. The molecule has 1 aliphatic rings. The van der Waals surface area contributed by atoms with Gasteiger partial charge in [-0.2, -0.15) is 0 Å². The van der Waals surface area contributed by atoms with E-state index in [1.807, 2.05) is 18.2 Å². The minimum atomic E-state index is -0.205. The largest absolute Gasteiger partial charge is 0.466 e. The molecule has 0 radical (unpaired) electrons. The highest BCUT2D eigenvalue weighted by atomic mass is 32.2. The fourth-order valence-corrected chi connectivity index (χ4v) is 3.99. The Labute approximate surface area is 171 Å². The fourth-order valence-electron chi connectivity index (χ4n) is 2.69. The van der Waals surface area contributed by atoms with E-state index >= 15 is 0 Å². The van der Waals surface area contributed by atoms with Crippen molar-refractivity contribution in [1.29, 1.82) is 0 Å². The molecule has 0 atom stereocenters. The number of thiocarbonyl (C=S) groups is 1. The van der Waals surface area contributed by atoms with Gasteiger partial charge in [-0.1, -0.05) is 74.9 Å². The van der Waals surface area contributed by atoms with Gasteiger partial charge in [-0.3, -0.25) is 14.5 Å². The Kier molecular flexibility index (Phi) is 9.01. The van der Waals surface area contributed by atoms with Gasteiger partial charge in [0.2, 0.25) is 0 Å². The molecule has 2 rings (SSSR count). The predicted octanol–water partition coefficient (Wildman–Crippen LogP) is 4.96. The van der Waals surface area contributed by atoms with Crippen molar-refractivity contribution >= 4 is 46.3 Å². The smallest absolute Gasteiger partial charge is 0.305 e. The predicted molar refractivity (Wildman–Crippen MR) is 115 cm³/mol. The number of amides is 1. The molecular formula is C21H27NO3S2. The first-order valence-corrected chi connectivity index (χ1v) is 10.8. The monoisotopic (exact) mass is 405 g/mol. The van der Waals surface area contributed by atoms with Crippen molar-refractivity contribution in [2.75, 3.05) is 13.2 Å². The Morgan fingerprint density at radius 2 is 1.93 bits per heavy atom. The Hall–Kier alpha value is -1.66. The van der Waals surface area contributed by atoms with Gasteiger partial charge in [0.15, 0.2) is 0 Å². The van der Waals surface area contributed by atoms with Crippen LogP contribution in [0.25, 0.3) is 6.08 Å². The highest BCUT2D eigenvalue weighted by Crippen LogP contribution is 2.32. The number of hydrogen-bond acceptors (Lipinski definition) is 5. The van der Waals surface area contributed by atoms with E-state index in [9.17, 15) is 9.59 Å². The summed E-state index contributed by atoms with van der Waals surface area (Å²) in [6.45, 7) is 5.15. The van der Waals surface area contributed by atoms with Crippen LogP contribution < -0.4 is 0 Å². The zero-order valence-electron chi connectivity index (χ0n) is 16.0. The Morgan fingerprint density at radius 1 is 1.19 bits per heavy atom. The van der Waals surface area contributed by atoms with Crippen molar-refractivity contribution in [2.45, 2.75) is 52.4 Å². The van der Waals surface area contributed by atoms with Gasteiger partial charge in [0.05, 0.1) is 11.5 Å². The summed E-state index contributed by atoms with van der Waals surface area (Å²) >= 11 is 6.66. The molecule has 0 aliphatic carbocycles. The molecule has 1 saturated heterocycles. The molecule has 6 heteroatoms. The number of hydrogen-bond donors (Lipinski definition) is 0. The molecule has 146 valence electrons. The number of unbranched alkanes of at least 4 members (excludes halogenated alkanes) is 2. The number of aryl methyl sites for hydroxylation is 1. The molecule has 1 aromatic carbocycles. The summed E-state index contributed by atoms with van der Waals surface area (Å²) in [6.07, 6.45) is 6.79. The topological polar surface area (TPSA) is 46.6 Å². The summed E-state index contributed by atoms with van der Waals surface area (Å²) in [5.41, 5.74) is 2.25. The van der Waals surface area contributed by atoms with Gasteiger partial charge >= 0.3 is 5.97 Å². The standard InChI is InChI=1S/C21H27NO3S2/c1-3-5-6-14-25-19(23)8-7-13-22-20(24)18(27-21(22)26)15-17-11-9-16(4-2)10-12-17/h9-12,15H,3-8,13-14H2,1-2H3/b18-15-. The van der Waals surface area contributed by atoms with Gasteiger partial charge in [0, 0.05) is 13.0 Å². The highest BCUT2D eigenvalue weighted by Gasteiger charge is 2.31. The highest BCUT2D eigenvalue weighted by molar-refractivity contribution is 8.26. The number of thioether (sulfide) groups is 1. The van der Waals surface area contributed by atoms with Gasteiger partial charge in [0.25, 0.3) is 5.91 Å². The van der Waals surface area contributed by atoms with Crippen LogP contribution in [0.2, 0.25) is 0 Å². The Bertz CT molecular complexity index is 698. The second-order valence-corrected chi connectivity index (χ2v) is 8.14. The van der Waals surface area contributed by atoms with Crippen LogP contribution in [0.5, 0.6) is 0 Å². The minimum Gasteiger partial charge on any atom is -0.466 e. The zero-order valence-corrected chi connectivity index (χ0v) is 17.7. The third kappa shape index (κ3) is 6.78. The molecule has 0 spiro atoms.